The van der Waals surface area contributed by atoms with Gasteiger partial charge in [0, 0.05) is 48.7 Å². The van der Waals surface area contributed by atoms with Crippen LogP contribution in [-0.2, 0) is 0 Å². The van der Waals surface area contributed by atoms with E-state index in [1.165, 1.54) is 4.70 Å². The number of fused-ring (bicyclic) bond motifs is 6. The number of furan rings is 1. The van der Waals surface area contributed by atoms with E-state index >= 15 is 0 Å². The summed E-state index contributed by atoms with van der Waals surface area (Å²) in [6.45, 7) is 0. The third-order valence-electron chi connectivity index (χ3n) is 8.96. The lowest BCUT2D eigenvalue weighted by Crippen LogP contribution is -2.00. The topological polar surface area (TPSA) is 77.6 Å². The first kappa shape index (κ1) is 28.4. The molecule has 0 amide bonds. The van der Waals surface area contributed by atoms with E-state index in [1.807, 2.05) is 91.0 Å². The lowest BCUT2D eigenvalue weighted by molar-refractivity contribution is 0.669. The molecule has 0 unspecified atom stereocenters. The minimum absolute atomic E-state index is 0.574. The van der Waals surface area contributed by atoms with Crippen molar-refractivity contribution in [1.29, 1.82) is 0 Å². The first-order valence-corrected chi connectivity index (χ1v) is 17.2. The Hall–Kier alpha value is -6.57. The molecule has 4 heterocycles. The van der Waals surface area contributed by atoms with Crippen LogP contribution in [0.25, 0.3) is 99.1 Å². The van der Waals surface area contributed by atoms with Gasteiger partial charge < -0.3 is 4.42 Å². The highest BCUT2D eigenvalue weighted by Crippen LogP contribution is 2.41. The molecule has 6 nitrogen and oxygen atoms in total. The molecule has 234 valence electrons. The second kappa shape index (κ2) is 11.5. The Morgan fingerprint density at radius 3 is 1.76 bits per heavy atom. The highest BCUT2D eigenvalue weighted by Gasteiger charge is 2.20. The number of benzene rings is 6. The van der Waals surface area contributed by atoms with Crippen LogP contribution in [0, 0.1) is 0 Å². The van der Waals surface area contributed by atoms with E-state index in [9.17, 15) is 0 Å². The number of rotatable bonds is 5. The maximum absolute atomic E-state index is 6.43. The van der Waals surface area contributed by atoms with Crippen molar-refractivity contribution in [3.63, 3.8) is 0 Å². The average molecular weight is 660 g/mol. The van der Waals surface area contributed by atoms with Crippen molar-refractivity contribution in [2.24, 2.45) is 0 Å². The molecule has 50 heavy (non-hydrogen) atoms. The van der Waals surface area contributed by atoms with Crippen LogP contribution in [0.5, 0.6) is 0 Å². The summed E-state index contributed by atoms with van der Waals surface area (Å²) in [7, 11) is 0. The van der Waals surface area contributed by atoms with Crippen LogP contribution in [0.2, 0.25) is 0 Å². The molecule has 0 saturated heterocycles. The Morgan fingerprint density at radius 2 is 1.04 bits per heavy atom. The zero-order valence-electron chi connectivity index (χ0n) is 26.5. The molecule has 0 aliphatic rings. The highest BCUT2D eigenvalue weighted by atomic mass is 32.1. The third-order valence-corrected chi connectivity index (χ3v) is 10.1. The minimum Gasteiger partial charge on any atom is -0.456 e. The van der Waals surface area contributed by atoms with Crippen molar-refractivity contribution in [3.05, 3.63) is 152 Å². The summed E-state index contributed by atoms with van der Waals surface area (Å²) in [4.78, 5) is 25.4. The second-order valence-electron chi connectivity index (χ2n) is 12.1. The Morgan fingerprint density at radius 1 is 0.420 bits per heavy atom. The van der Waals surface area contributed by atoms with Gasteiger partial charge in [-0.1, -0.05) is 121 Å². The summed E-state index contributed by atoms with van der Waals surface area (Å²) in [5.74, 6) is 2.45. The van der Waals surface area contributed by atoms with Crippen molar-refractivity contribution < 1.29 is 4.42 Å². The summed E-state index contributed by atoms with van der Waals surface area (Å²) < 4.78 is 8.70. The first-order chi connectivity index (χ1) is 24.8. The van der Waals surface area contributed by atoms with Crippen molar-refractivity contribution in [2.75, 3.05) is 0 Å². The zero-order valence-corrected chi connectivity index (χ0v) is 27.3. The largest absolute Gasteiger partial charge is 0.456 e. The van der Waals surface area contributed by atoms with E-state index in [1.54, 1.807) is 11.3 Å². The summed E-state index contributed by atoms with van der Waals surface area (Å²) in [6, 6.07) is 51.0. The molecule has 0 atom stereocenters. The molecule has 0 bridgehead atoms. The fourth-order valence-corrected chi connectivity index (χ4v) is 7.75. The minimum atomic E-state index is 0.574. The maximum atomic E-state index is 6.43. The summed E-state index contributed by atoms with van der Waals surface area (Å²) in [5.41, 5.74) is 8.06. The monoisotopic (exact) mass is 659 g/mol. The molecule has 10 rings (SSSR count). The smallest absolute Gasteiger partial charge is 0.164 e. The van der Waals surface area contributed by atoms with Crippen molar-refractivity contribution in [3.8, 4) is 56.8 Å². The fraction of sp³-hybridized carbons (Fsp3) is 0. The first-order valence-electron chi connectivity index (χ1n) is 16.3. The summed E-state index contributed by atoms with van der Waals surface area (Å²) >= 11 is 1.73. The predicted octanol–water partition coefficient (Wildman–Crippen LogP) is 11.3. The molecule has 4 aromatic heterocycles. The van der Waals surface area contributed by atoms with Crippen LogP contribution in [0.1, 0.15) is 0 Å². The molecule has 0 aliphatic heterocycles. The molecule has 0 aliphatic carbocycles. The van der Waals surface area contributed by atoms with Crippen molar-refractivity contribution >= 4 is 53.6 Å². The van der Waals surface area contributed by atoms with Crippen LogP contribution >= 0.6 is 11.3 Å². The standard InChI is InChI=1S/C43H25N5OS/c1-4-13-26(14-5-1)37-39-38(30-19-10-11-22-35(30)50-39)45-42(44-37)29-23-24-33-32(25-29)36-31(20-12-21-34(36)49-33)43-47-40(27-15-6-2-7-16-27)46-41(48-43)28-17-8-3-9-18-28/h1-25H. The second-order valence-corrected chi connectivity index (χ2v) is 13.1. The van der Waals surface area contributed by atoms with E-state index < -0.39 is 0 Å². The van der Waals surface area contributed by atoms with E-state index in [0.29, 0.717) is 23.3 Å². The van der Waals surface area contributed by atoms with Gasteiger partial charge in [0.25, 0.3) is 0 Å². The molecular formula is C43H25N5OS. The van der Waals surface area contributed by atoms with Crippen LogP contribution in [0.3, 0.4) is 0 Å². The highest BCUT2D eigenvalue weighted by molar-refractivity contribution is 7.26. The van der Waals surface area contributed by atoms with Gasteiger partial charge in [0.05, 0.1) is 15.9 Å². The van der Waals surface area contributed by atoms with E-state index in [2.05, 4.69) is 60.7 Å². The van der Waals surface area contributed by atoms with Crippen LogP contribution in [0.4, 0.5) is 0 Å². The molecule has 0 saturated carbocycles. The molecule has 6 aromatic carbocycles. The molecule has 0 radical (unpaired) electrons. The normalized spacial score (nSPS) is 11.6. The lowest BCUT2D eigenvalue weighted by Gasteiger charge is -2.09. The van der Waals surface area contributed by atoms with Gasteiger partial charge in [-0.2, -0.15) is 0 Å². The van der Waals surface area contributed by atoms with Gasteiger partial charge in [-0.25, -0.2) is 24.9 Å². The Kier molecular flexibility index (Phi) is 6.57. The van der Waals surface area contributed by atoms with E-state index in [0.717, 1.165) is 71.1 Å². The maximum Gasteiger partial charge on any atom is 0.164 e. The van der Waals surface area contributed by atoms with Gasteiger partial charge in [0.1, 0.15) is 11.2 Å². The van der Waals surface area contributed by atoms with Crippen LogP contribution in [0.15, 0.2) is 156 Å². The number of aromatic nitrogens is 5. The van der Waals surface area contributed by atoms with E-state index in [4.69, 9.17) is 29.3 Å². The predicted molar refractivity (Wildman–Crippen MR) is 203 cm³/mol. The fourth-order valence-electron chi connectivity index (χ4n) is 6.59. The van der Waals surface area contributed by atoms with Gasteiger partial charge in [-0.15, -0.1) is 11.3 Å². The van der Waals surface area contributed by atoms with Crippen molar-refractivity contribution in [2.45, 2.75) is 0 Å². The molecule has 7 heteroatoms. The quantitative estimate of drug-likeness (QED) is 0.183. The summed E-state index contributed by atoms with van der Waals surface area (Å²) in [6.07, 6.45) is 0. The van der Waals surface area contributed by atoms with Gasteiger partial charge >= 0.3 is 0 Å². The third kappa shape index (κ3) is 4.75. The molecule has 10 aromatic rings. The average Bonchev–Trinajstić information content (AvgIpc) is 3.76. The number of nitrogens with zero attached hydrogens (tertiary/aromatic N) is 5. The number of hydrogen-bond acceptors (Lipinski definition) is 7. The van der Waals surface area contributed by atoms with Gasteiger partial charge in [-0.3, -0.25) is 0 Å². The molecule has 0 spiro atoms. The van der Waals surface area contributed by atoms with Gasteiger partial charge in [0.2, 0.25) is 0 Å². The Balaban J connectivity index is 1.20. The summed E-state index contributed by atoms with van der Waals surface area (Å²) in [5, 5.41) is 3.00. The molecule has 0 N–H and O–H groups in total. The SMILES string of the molecule is c1ccc(-c2nc(-c3ccccc3)nc(-c3cccc4oc5ccc(-c6nc(-c7ccccc7)c7sc8ccccc8c7n6)cc5c34)n2)cc1. The Bertz CT molecular complexity index is 2810. The Labute approximate surface area is 290 Å². The number of hydrogen-bond donors (Lipinski definition) is 0. The van der Waals surface area contributed by atoms with Gasteiger partial charge in [-0.05, 0) is 30.3 Å². The zero-order chi connectivity index (χ0) is 33.0. The number of thiophene rings is 1. The molecule has 0 fully saturated rings. The van der Waals surface area contributed by atoms with Crippen LogP contribution < -0.4 is 0 Å². The van der Waals surface area contributed by atoms with Crippen molar-refractivity contribution in [1.82, 2.24) is 24.9 Å². The lowest BCUT2D eigenvalue weighted by atomic mass is 10.0. The molecular weight excluding hydrogens is 635 g/mol. The van der Waals surface area contributed by atoms with Crippen LogP contribution in [-0.4, -0.2) is 24.9 Å². The van der Waals surface area contributed by atoms with Gasteiger partial charge in [0.15, 0.2) is 23.3 Å². The van der Waals surface area contributed by atoms with E-state index in [-0.39, 0.29) is 0 Å².